The van der Waals surface area contributed by atoms with Crippen molar-refractivity contribution < 1.29 is 19.1 Å². The summed E-state index contributed by atoms with van der Waals surface area (Å²) in [5, 5.41) is 12.4. The molecule has 10 heteroatoms. The Labute approximate surface area is 245 Å². The van der Waals surface area contributed by atoms with Crippen LogP contribution in [0, 0.1) is 5.92 Å². The molecule has 3 aromatic rings. The molecule has 0 saturated carbocycles. The lowest BCUT2D eigenvalue weighted by Crippen LogP contribution is -2.48. The van der Waals surface area contributed by atoms with Gasteiger partial charge in [-0.15, -0.1) is 5.10 Å². The number of nitrogens with zero attached hydrogens (tertiary/aromatic N) is 5. The Morgan fingerprint density at radius 2 is 1.71 bits per heavy atom. The van der Waals surface area contributed by atoms with Gasteiger partial charge in [0.2, 0.25) is 5.91 Å². The molecule has 0 spiro atoms. The van der Waals surface area contributed by atoms with E-state index in [0.717, 1.165) is 41.1 Å². The van der Waals surface area contributed by atoms with E-state index in [1.165, 1.54) is 7.11 Å². The summed E-state index contributed by atoms with van der Waals surface area (Å²) in [6.07, 6.45) is 2.09. The first kappa shape index (κ1) is 32.1. The fourth-order valence-electron chi connectivity index (χ4n) is 4.62. The molecule has 0 aliphatic carbocycles. The van der Waals surface area contributed by atoms with E-state index >= 15 is 0 Å². The summed E-state index contributed by atoms with van der Waals surface area (Å²) < 4.78 is 12.7. The Morgan fingerprint density at radius 1 is 1.02 bits per heavy atom. The van der Waals surface area contributed by atoms with E-state index in [9.17, 15) is 9.59 Å². The zero-order chi connectivity index (χ0) is 30.0. The third-order valence-electron chi connectivity index (χ3n) is 7.00. The highest BCUT2D eigenvalue weighted by Crippen LogP contribution is 2.31. The van der Waals surface area contributed by atoms with Gasteiger partial charge in [0.05, 0.1) is 7.11 Å². The lowest BCUT2D eigenvalue weighted by Gasteiger charge is -2.32. The number of hydrogen-bond acceptors (Lipinski definition) is 7. The van der Waals surface area contributed by atoms with Gasteiger partial charge in [0.15, 0.2) is 5.82 Å². The summed E-state index contributed by atoms with van der Waals surface area (Å²) >= 11 is 0. The number of amides is 1. The van der Waals surface area contributed by atoms with Gasteiger partial charge in [0.25, 0.3) is 0 Å². The van der Waals surface area contributed by atoms with Crippen LogP contribution in [0.2, 0.25) is 25.7 Å². The molecule has 1 atom stereocenters. The zero-order valence-corrected chi connectivity index (χ0v) is 26.6. The molecule has 0 bridgehead atoms. The standard InChI is InChI=1S/C31H45N5O4Si/c1-8-9-14-28(37)35(29(23(2)3)31(38)39-4)21-24-15-17-25(18-16-24)26-12-10-11-13-27(26)30-32-33-34-36(30)22-40-19-20-41(5,6)7/h10-13,15-18,23,29H,8-9,14,19-22H2,1-7H3/t29-/m0/s1. The number of rotatable bonds is 15. The fourth-order valence-corrected chi connectivity index (χ4v) is 5.38. The second-order valence-electron chi connectivity index (χ2n) is 11.9. The summed E-state index contributed by atoms with van der Waals surface area (Å²) in [6, 6.07) is 16.5. The summed E-state index contributed by atoms with van der Waals surface area (Å²) in [5.74, 6) is 0.134. The van der Waals surface area contributed by atoms with E-state index in [0.29, 0.717) is 32.1 Å². The van der Waals surface area contributed by atoms with Crippen LogP contribution in [0.4, 0.5) is 0 Å². The molecule has 1 amide bonds. The second-order valence-corrected chi connectivity index (χ2v) is 17.6. The molecule has 9 nitrogen and oxygen atoms in total. The molecule has 3 rings (SSSR count). The molecule has 0 fully saturated rings. The normalized spacial score (nSPS) is 12.4. The highest BCUT2D eigenvalue weighted by Gasteiger charge is 2.33. The van der Waals surface area contributed by atoms with Crippen LogP contribution in [0.3, 0.4) is 0 Å². The molecule has 0 saturated heterocycles. The summed E-state index contributed by atoms with van der Waals surface area (Å²) in [7, 11) is 0.182. The van der Waals surface area contributed by atoms with Crippen LogP contribution >= 0.6 is 0 Å². The van der Waals surface area contributed by atoms with Crippen molar-refractivity contribution in [2.45, 2.75) is 85.0 Å². The number of benzene rings is 2. The van der Waals surface area contributed by atoms with Gasteiger partial charge in [-0.2, -0.15) is 4.68 Å². The third-order valence-corrected chi connectivity index (χ3v) is 8.71. The van der Waals surface area contributed by atoms with E-state index in [4.69, 9.17) is 9.47 Å². The van der Waals surface area contributed by atoms with Crippen LogP contribution in [0.1, 0.15) is 45.6 Å². The summed E-state index contributed by atoms with van der Waals surface area (Å²) in [4.78, 5) is 27.5. The molecule has 41 heavy (non-hydrogen) atoms. The van der Waals surface area contributed by atoms with Gasteiger partial charge in [-0.05, 0) is 45.5 Å². The zero-order valence-electron chi connectivity index (χ0n) is 25.6. The number of esters is 1. The van der Waals surface area contributed by atoms with Gasteiger partial charge < -0.3 is 14.4 Å². The first-order valence-electron chi connectivity index (χ1n) is 14.5. The molecule has 0 N–H and O–H groups in total. The predicted octanol–water partition coefficient (Wildman–Crippen LogP) is 6.04. The summed E-state index contributed by atoms with van der Waals surface area (Å²) in [6.45, 7) is 14.2. The first-order valence-corrected chi connectivity index (χ1v) is 18.2. The third kappa shape index (κ3) is 9.06. The highest BCUT2D eigenvalue weighted by atomic mass is 28.3. The molecule has 1 aromatic heterocycles. The number of hydrogen-bond donors (Lipinski definition) is 0. The van der Waals surface area contributed by atoms with Crippen molar-refractivity contribution in [3.63, 3.8) is 0 Å². The first-order chi connectivity index (χ1) is 19.6. The van der Waals surface area contributed by atoms with E-state index in [1.807, 2.05) is 62.4 Å². The largest absolute Gasteiger partial charge is 0.467 e. The Bertz CT molecular complexity index is 1270. The number of methoxy groups -OCH3 is 1. The Morgan fingerprint density at radius 3 is 2.32 bits per heavy atom. The number of ether oxygens (including phenoxy) is 2. The average Bonchev–Trinajstić information content (AvgIpc) is 3.41. The van der Waals surface area contributed by atoms with Crippen LogP contribution in [0.15, 0.2) is 48.5 Å². The number of carbonyl (C=O) groups is 2. The molecule has 1 heterocycles. The maximum Gasteiger partial charge on any atom is 0.328 e. The van der Waals surface area contributed by atoms with Crippen molar-refractivity contribution in [2.75, 3.05) is 13.7 Å². The maximum absolute atomic E-state index is 13.2. The number of carbonyl (C=O) groups excluding carboxylic acids is 2. The van der Waals surface area contributed by atoms with Gasteiger partial charge in [0.1, 0.15) is 12.8 Å². The fraction of sp³-hybridized carbons (Fsp3) is 0.516. The minimum Gasteiger partial charge on any atom is -0.467 e. The van der Waals surface area contributed by atoms with Crippen molar-refractivity contribution in [2.24, 2.45) is 5.92 Å². The molecular formula is C31H45N5O4Si. The number of tetrazole rings is 1. The van der Waals surface area contributed by atoms with Gasteiger partial charge in [-0.1, -0.05) is 95.4 Å². The SMILES string of the molecule is CCCCC(=O)N(Cc1ccc(-c2ccccc2-c2nnnn2COCC[Si](C)(C)C)cc1)[C@H](C(=O)OC)C(C)C. The van der Waals surface area contributed by atoms with Crippen molar-refractivity contribution in [1.82, 2.24) is 25.1 Å². The Kier molecular flexibility index (Phi) is 11.8. The van der Waals surface area contributed by atoms with Crippen LogP contribution in [0.5, 0.6) is 0 Å². The average molecular weight is 580 g/mol. The molecule has 2 aromatic carbocycles. The Hall–Kier alpha value is -3.37. The van der Waals surface area contributed by atoms with Gasteiger partial charge in [-0.3, -0.25) is 4.79 Å². The Balaban J connectivity index is 1.84. The molecule has 0 aliphatic rings. The second kappa shape index (κ2) is 15.0. The van der Waals surface area contributed by atoms with Crippen LogP contribution in [-0.4, -0.2) is 64.8 Å². The van der Waals surface area contributed by atoms with Gasteiger partial charge >= 0.3 is 5.97 Å². The van der Waals surface area contributed by atoms with E-state index in [-0.39, 0.29) is 11.8 Å². The molecular weight excluding hydrogens is 534 g/mol. The van der Waals surface area contributed by atoms with Crippen LogP contribution in [-0.2, 0) is 32.3 Å². The highest BCUT2D eigenvalue weighted by molar-refractivity contribution is 6.76. The quantitative estimate of drug-likeness (QED) is 0.123. The molecule has 222 valence electrons. The molecule has 0 radical (unpaired) electrons. The van der Waals surface area contributed by atoms with Crippen LogP contribution < -0.4 is 0 Å². The molecule has 0 unspecified atom stereocenters. The van der Waals surface area contributed by atoms with E-state index < -0.39 is 20.1 Å². The van der Waals surface area contributed by atoms with Gasteiger partial charge in [0, 0.05) is 33.2 Å². The van der Waals surface area contributed by atoms with E-state index in [2.05, 4.69) is 42.1 Å². The van der Waals surface area contributed by atoms with Crippen LogP contribution in [0.25, 0.3) is 22.5 Å². The molecule has 0 aliphatic heterocycles. The predicted molar refractivity (Wildman–Crippen MR) is 164 cm³/mol. The summed E-state index contributed by atoms with van der Waals surface area (Å²) in [5.41, 5.74) is 3.82. The van der Waals surface area contributed by atoms with Crippen molar-refractivity contribution in [3.05, 3.63) is 54.1 Å². The number of unbranched alkanes of at least 4 members (excludes halogenated alkanes) is 1. The van der Waals surface area contributed by atoms with Crippen molar-refractivity contribution in [1.29, 1.82) is 0 Å². The van der Waals surface area contributed by atoms with E-state index in [1.54, 1.807) is 9.58 Å². The minimum absolute atomic E-state index is 0.0377. The van der Waals surface area contributed by atoms with Crippen molar-refractivity contribution >= 4 is 20.0 Å². The van der Waals surface area contributed by atoms with Gasteiger partial charge in [-0.25, -0.2) is 4.79 Å². The smallest absolute Gasteiger partial charge is 0.328 e. The lowest BCUT2D eigenvalue weighted by molar-refractivity contribution is -0.155. The monoisotopic (exact) mass is 579 g/mol. The topological polar surface area (TPSA) is 99.4 Å². The minimum atomic E-state index is -1.19. The van der Waals surface area contributed by atoms with Crippen molar-refractivity contribution in [3.8, 4) is 22.5 Å². The number of aromatic nitrogens is 4. The lowest BCUT2D eigenvalue weighted by atomic mass is 9.97. The maximum atomic E-state index is 13.2.